The Morgan fingerprint density at radius 2 is 1.04 bits per heavy atom. The zero-order chi connectivity index (χ0) is 32.5. The van der Waals surface area contributed by atoms with E-state index in [0.29, 0.717) is 11.1 Å². The summed E-state index contributed by atoms with van der Waals surface area (Å²) in [5, 5.41) is 14.1. The summed E-state index contributed by atoms with van der Waals surface area (Å²) in [6, 6.07) is 53.5. The molecule has 0 unspecified atom stereocenters. The number of hydrogen-bond donors (Lipinski definition) is 0. The van der Waals surface area contributed by atoms with Gasteiger partial charge >= 0.3 is 0 Å². The van der Waals surface area contributed by atoms with Crippen molar-refractivity contribution in [2.75, 3.05) is 0 Å². The van der Waals surface area contributed by atoms with Crippen LogP contribution in [-0.4, -0.2) is 4.98 Å². The lowest BCUT2D eigenvalue weighted by molar-refractivity contribution is 0.669. The molecule has 1 aliphatic rings. The number of furan rings is 1. The lowest BCUT2D eigenvalue weighted by Crippen LogP contribution is -1.99. The third kappa shape index (κ3) is 4.05. The number of rotatable bonds is 4. The molecule has 3 nitrogen and oxygen atoms in total. The maximum atomic E-state index is 9.56. The molecule has 0 radical (unpaired) electrons. The molecule has 0 amide bonds. The highest BCUT2D eigenvalue weighted by Gasteiger charge is 2.33. The first-order chi connectivity index (χ1) is 24.3. The summed E-state index contributed by atoms with van der Waals surface area (Å²) in [7, 11) is 0. The molecular weight excluding hydrogens is 597 g/mol. The van der Waals surface area contributed by atoms with Crippen LogP contribution in [0.15, 0.2) is 162 Å². The molecule has 0 saturated heterocycles. The van der Waals surface area contributed by atoms with Gasteiger partial charge in [-0.25, -0.2) is 0 Å². The molecule has 49 heavy (non-hydrogen) atoms. The summed E-state index contributed by atoms with van der Waals surface area (Å²) < 4.78 is 6.49. The van der Waals surface area contributed by atoms with Crippen molar-refractivity contribution >= 4 is 32.7 Å². The molecule has 2 aromatic heterocycles. The van der Waals surface area contributed by atoms with Crippen molar-refractivity contribution in [2.45, 2.75) is 0 Å². The zero-order valence-electron chi connectivity index (χ0n) is 26.3. The van der Waals surface area contributed by atoms with Gasteiger partial charge in [-0.05, 0) is 103 Å². The van der Waals surface area contributed by atoms with Crippen LogP contribution < -0.4 is 0 Å². The summed E-state index contributed by atoms with van der Waals surface area (Å²) in [5.74, 6) is 0. The van der Waals surface area contributed by atoms with Gasteiger partial charge in [0.05, 0.1) is 11.6 Å². The fraction of sp³-hybridized carbons (Fsp3) is 0. The molecule has 3 heteroatoms. The number of pyridine rings is 1. The van der Waals surface area contributed by atoms with Crippen molar-refractivity contribution in [3.63, 3.8) is 0 Å². The first kappa shape index (κ1) is 27.4. The van der Waals surface area contributed by atoms with Crippen LogP contribution in [0.3, 0.4) is 0 Å². The van der Waals surface area contributed by atoms with E-state index in [4.69, 9.17) is 4.42 Å². The maximum absolute atomic E-state index is 9.56. The quantitative estimate of drug-likeness (QED) is 0.196. The SMILES string of the molecule is N#Cc1ccc2c(c1)oc1cc(-c3c(-c4cccnc4)c(-c4ccccc4)c4c(c3-c3ccccc3)-c3cccc5cccc-4c35)ccc12. The third-order valence-corrected chi connectivity index (χ3v) is 9.91. The number of nitrogens with zero attached hydrogens (tertiary/aromatic N) is 2. The van der Waals surface area contributed by atoms with Crippen LogP contribution in [0.25, 0.3) is 99.5 Å². The van der Waals surface area contributed by atoms with Crippen molar-refractivity contribution in [1.82, 2.24) is 4.98 Å². The molecule has 9 aromatic rings. The predicted octanol–water partition coefficient (Wildman–Crippen LogP) is 12.3. The van der Waals surface area contributed by atoms with Crippen molar-refractivity contribution in [3.05, 3.63) is 164 Å². The Morgan fingerprint density at radius 1 is 0.469 bits per heavy atom. The van der Waals surface area contributed by atoms with Gasteiger partial charge in [-0.15, -0.1) is 0 Å². The van der Waals surface area contributed by atoms with E-state index in [1.165, 1.54) is 44.2 Å². The van der Waals surface area contributed by atoms with E-state index in [-0.39, 0.29) is 0 Å². The predicted molar refractivity (Wildman–Crippen MR) is 200 cm³/mol. The van der Waals surface area contributed by atoms with Crippen molar-refractivity contribution in [2.24, 2.45) is 0 Å². The number of aromatic nitrogens is 1. The van der Waals surface area contributed by atoms with E-state index in [2.05, 4.69) is 132 Å². The second-order valence-corrected chi connectivity index (χ2v) is 12.6. The van der Waals surface area contributed by atoms with Crippen molar-refractivity contribution < 1.29 is 4.42 Å². The van der Waals surface area contributed by atoms with Gasteiger partial charge in [0, 0.05) is 34.3 Å². The molecule has 0 saturated carbocycles. The normalized spacial score (nSPS) is 11.7. The summed E-state index contributed by atoms with van der Waals surface area (Å²) in [5.41, 5.74) is 16.1. The average Bonchev–Trinajstić information content (AvgIpc) is 3.71. The molecule has 226 valence electrons. The Bertz CT molecular complexity index is 2800. The third-order valence-electron chi connectivity index (χ3n) is 9.91. The summed E-state index contributed by atoms with van der Waals surface area (Å²) >= 11 is 0. The van der Waals surface area contributed by atoms with Gasteiger partial charge in [-0.2, -0.15) is 5.26 Å². The smallest absolute Gasteiger partial charge is 0.136 e. The topological polar surface area (TPSA) is 49.8 Å². The molecule has 10 rings (SSSR count). The van der Waals surface area contributed by atoms with Crippen LogP contribution in [0.2, 0.25) is 0 Å². The molecule has 0 fully saturated rings. The van der Waals surface area contributed by atoms with E-state index < -0.39 is 0 Å². The first-order valence-corrected chi connectivity index (χ1v) is 16.4. The second kappa shape index (κ2) is 10.6. The van der Waals surface area contributed by atoms with Gasteiger partial charge in [0.1, 0.15) is 11.2 Å². The molecule has 0 N–H and O–H groups in total. The second-order valence-electron chi connectivity index (χ2n) is 12.6. The van der Waals surface area contributed by atoms with Crippen LogP contribution in [0.1, 0.15) is 5.56 Å². The molecule has 0 bridgehead atoms. The zero-order valence-corrected chi connectivity index (χ0v) is 26.3. The number of benzene rings is 7. The minimum atomic E-state index is 0.580. The Balaban J connectivity index is 1.44. The van der Waals surface area contributed by atoms with E-state index in [1.807, 2.05) is 36.7 Å². The van der Waals surface area contributed by atoms with Gasteiger partial charge in [-0.3, -0.25) is 4.98 Å². The highest BCUT2D eigenvalue weighted by molar-refractivity contribution is 6.26. The Kier molecular flexibility index (Phi) is 5.94. The molecule has 1 aliphatic carbocycles. The summed E-state index contributed by atoms with van der Waals surface area (Å²) in [6.07, 6.45) is 3.82. The highest BCUT2D eigenvalue weighted by atomic mass is 16.3. The number of hydrogen-bond acceptors (Lipinski definition) is 3. The number of nitriles is 1. The van der Waals surface area contributed by atoms with Crippen LogP contribution in [0.4, 0.5) is 0 Å². The summed E-state index contributed by atoms with van der Waals surface area (Å²) in [6.45, 7) is 0. The fourth-order valence-corrected chi connectivity index (χ4v) is 7.92. The molecule has 7 aromatic carbocycles. The molecule has 2 heterocycles. The van der Waals surface area contributed by atoms with Crippen LogP contribution in [0, 0.1) is 11.3 Å². The van der Waals surface area contributed by atoms with Crippen LogP contribution in [0.5, 0.6) is 0 Å². The van der Waals surface area contributed by atoms with E-state index in [9.17, 15) is 5.26 Å². The van der Waals surface area contributed by atoms with Gasteiger partial charge in [-0.1, -0.05) is 109 Å². The van der Waals surface area contributed by atoms with E-state index >= 15 is 0 Å². The lowest BCUT2D eigenvalue weighted by atomic mass is 9.76. The monoisotopic (exact) mass is 622 g/mol. The Labute approximate surface area is 283 Å². The van der Waals surface area contributed by atoms with Gasteiger partial charge < -0.3 is 4.42 Å². The Hall–Kier alpha value is -6.76. The van der Waals surface area contributed by atoms with Gasteiger partial charge in [0.15, 0.2) is 0 Å². The van der Waals surface area contributed by atoms with Crippen LogP contribution in [-0.2, 0) is 0 Å². The van der Waals surface area contributed by atoms with E-state index in [1.54, 1.807) is 0 Å². The largest absolute Gasteiger partial charge is 0.456 e. The average molecular weight is 623 g/mol. The minimum absolute atomic E-state index is 0.580. The molecule has 0 aliphatic heterocycles. The Morgan fingerprint density at radius 3 is 1.65 bits per heavy atom. The molecular formula is C46H26N2O. The molecule has 0 atom stereocenters. The fourth-order valence-electron chi connectivity index (χ4n) is 7.92. The molecule has 0 spiro atoms. The standard InChI is InChI=1S/C46H26N2O/c47-26-28-19-21-34-35-22-20-32(25-39(35)49-38(34)24-28)43-41(30-10-3-1-4-11-30)45-36-17-7-14-29-15-8-18-37(40(29)36)46(45)42(31-12-5-2-6-13-31)44(43)33-16-9-23-48-27-33/h1-25,27H. The highest BCUT2D eigenvalue weighted by Crippen LogP contribution is 2.60. The van der Waals surface area contributed by atoms with Crippen molar-refractivity contribution in [1.29, 1.82) is 5.26 Å². The van der Waals surface area contributed by atoms with Gasteiger partial charge in [0.2, 0.25) is 0 Å². The van der Waals surface area contributed by atoms with Crippen molar-refractivity contribution in [3.8, 4) is 72.8 Å². The lowest BCUT2D eigenvalue weighted by Gasteiger charge is -2.26. The van der Waals surface area contributed by atoms with E-state index in [0.717, 1.165) is 49.7 Å². The minimum Gasteiger partial charge on any atom is -0.456 e. The number of fused-ring (bicyclic) bond motifs is 6. The van der Waals surface area contributed by atoms with Crippen LogP contribution >= 0.6 is 0 Å². The maximum Gasteiger partial charge on any atom is 0.136 e. The first-order valence-electron chi connectivity index (χ1n) is 16.4. The van der Waals surface area contributed by atoms with Gasteiger partial charge in [0.25, 0.3) is 0 Å². The summed E-state index contributed by atoms with van der Waals surface area (Å²) in [4.78, 5) is 4.65.